The minimum absolute atomic E-state index is 0.135. The first-order valence-corrected chi connectivity index (χ1v) is 9.47. The number of nitrogens with one attached hydrogen (secondary N) is 2. The lowest BCUT2D eigenvalue weighted by atomic mass is 10.2. The van der Waals surface area contributed by atoms with E-state index in [-0.39, 0.29) is 18.4 Å². The molecule has 1 aromatic carbocycles. The van der Waals surface area contributed by atoms with Gasteiger partial charge >= 0.3 is 0 Å². The lowest BCUT2D eigenvalue weighted by molar-refractivity contribution is -0.118. The molecule has 0 bridgehead atoms. The second-order valence-corrected chi connectivity index (χ2v) is 7.40. The predicted molar refractivity (Wildman–Crippen MR) is 104 cm³/mol. The van der Waals surface area contributed by atoms with Gasteiger partial charge in [0.15, 0.2) is 6.61 Å². The molecule has 0 spiro atoms. The summed E-state index contributed by atoms with van der Waals surface area (Å²) in [5.41, 5.74) is 2.56. The fourth-order valence-electron chi connectivity index (χ4n) is 3.18. The highest BCUT2D eigenvalue weighted by Crippen LogP contribution is 2.39. The Morgan fingerprint density at radius 1 is 1.11 bits per heavy atom. The smallest absolute Gasteiger partial charge is 0.262 e. The second-order valence-electron chi connectivity index (χ2n) is 6.31. The number of thiophene rings is 1. The number of fused-ring (bicyclic) bond motifs is 3. The summed E-state index contributed by atoms with van der Waals surface area (Å²) < 4.78 is 5.70. The van der Waals surface area contributed by atoms with Gasteiger partial charge in [0, 0.05) is 23.2 Å². The SMILES string of the molecule is CC(=O)Nc1ccc(NC(=O)COc2ncnc3sc4c(c23)CCC4)cc1. The maximum atomic E-state index is 12.2. The van der Waals surface area contributed by atoms with Crippen LogP contribution in [-0.4, -0.2) is 28.4 Å². The molecule has 3 aromatic rings. The predicted octanol–water partition coefficient (Wildman–Crippen LogP) is 3.16. The maximum absolute atomic E-state index is 12.2. The molecule has 0 saturated heterocycles. The normalized spacial score (nSPS) is 12.6. The number of carbonyl (C=O) groups is 2. The van der Waals surface area contributed by atoms with E-state index in [4.69, 9.17) is 4.74 Å². The quantitative estimate of drug-likeness (QED) is 0.707. The van der Waals surface area contributed by atoms with E-state index in [9.17, 15) is 9.59 Å². The van der Waals surface area contributed by atoms with E-state index in [1.165, 1.54) is 23.7 Å². The van der Waals surface area contributed by atoms with Crippen LogP contribution in [0.1, 0.15) is 23.8 Å². The van der Waals surface area contributed by atoms with Gasteiger partial charge in [-0.1, -0.05) is 0 Å². The zero-order valence-corrected chi connectivity index (χ0v) is 15.6. The van der Waals surface area contributed by atoms with Crippen molar-refractivity contribution in [3.8, 4) is 5.88 Å². The van der Waals surface area contributed by atoms with Crippen molar-refractivity contribution in [2.75, 3.05) is 17.2 Å². The van der Waals surface area contributed by atoms with E-state index in [1.807, 2.05) is 0 Å². The molecule has 1 aliphatic carbocycles. The first-order valence-electron chi connectivity index (χ1n) is 8.65. The summed E-state index contributed by atoms with van der Waals surface area (Å²) >= 11 is 1.68. The first-order chi connectivity index (χ1) is 13.1. The average molecular weight is 382 g/mol. The number of benzene rings is 1. The molecule has 0 radical (unpaired) electrons. The number of amides is 2. The molecule has 27 heavy (non-hydrogen) atoms. The van der Waals surface area contributed by atoms with Crippen molar-refractivity contribution in [2.24, 2.45) is 0 Å². The summed E-state index contributed by atoms with van der Waals surface area (Å²) in [5.74, 6) is 0.0488. The van der Waals surface area contributed by atoms with E-state index in [2.05, 4.69) is 20.6 Å². The molecule has 0 atom stereocenters. The zero-order valence-electron chi connectivity index (χ0n) is 14.7. The Kier molecular flexibility index (Phi) is 4.72. The highest BCUT2D eigenvalue weighted by Gasteiger charge is 2.22. The summed E-state index contributed by atoms with van der Waals surface area (Å²) in [6.07, 6.45) is 4.69. The largest absolute Gasteiger partial charge is 0.467 e. The van der Waals surface area contributed by atoms with E-state index >= 15 is 0 Å². The summed E-state index contributed by atoms with van der Waals surface area (Å²) in [6, 6.07) is 6.89. The molecule has 0 unspecified atom stereocenters. The number of rotatable bonds is 5. The Labute approximate surface area is 159 Å². The minimum atomic E-state index is -0.277. The summed E-state index contributed by atoms with van der Waals surface area (Å²) in [7, 11) is 0. The Balaban J connectivity index is 1.41. The number of hydrogen-bond donors (Lipinski definition) is 2. The topological polar surface area (TPSA) is 93.2 Å². The zero-order chi connectivity index (χ0) is 18.8. The minimum Gasteiger partial charge on any atom is -0.467 e. The molecular weight excluding hydrogens is 364 g/mol. The van der Waals surface area contributed by atoms with E-state index in [0.717, 1.165) is 29.5 Å². The van der Waals surface area contributed by atoms with Gasteiger partial charge in [-0.05, 0) is 49.1 Å². The molecule has 4 rings (SSSR count). The summed E-state index contributed by atoms with van der Waals surface area (Å²) in [5, 5.41) is 6.39. The van der Waals surface area contributed by atoms with Gasteiger partial charge in [0.2, 0.25) is 11.8 Å². The van der Waals surface area contributed by atoms with Gasteiger partial charge in [-0.25, -0.2) is 9.97 Å². The standard InChI is InChI=1S/C19H18N4O3S/c1-11(24)22-12-5-7-13(8-6-12)23-16(25)9-26-18-17-14-3-2-4-15(14)27-19(17)21-10-20-18/h5-8,10H,2-4,9H2,1H3,(H,22,24)(H,23,25). The second kappa shape index (κ2) is 7.32. The number of nitrogens with zero attached hydrogens (tertiary/aromatic N) is 2. The van der Waals surface area contributed by atoms with E-state index < -0.39 is 0 Å². The molecule has 2 heterocycles. The van der Waals surface area contributed by atoms with Crippen LogP contribution in [0.5, 0.6) is 5.88 Å². The summed E-state index contributed by atoms with van der Waals surface area (Å²) in [6.45, 7) is 1.31. The molecule has 0 aliphatic heterocycles. The van der Waals surface area contributed by atoms with Crippen LogP contribution in [0.25, 0.3) is 10.2 Å². The number of aryl methyl sites for hydroxylation is 2. The Hall–Kier alpha value is -3.00. The molecule has 8 heteroatoms. The highest BCUT2D eigenvalue weighted by molar-refractivity contribution is 7.18. The van der Waals surface area contributed by atoms with Gasteiger partial charge < -0.3 is 15.4 Å². The molecule has 138 valence electrons. The van der Waals surface area contributed by atoms with Crippen molar-refractivity contribution in [1.29, 1.82) is 0 Å². The maximum Gasteiger partial charge on any atom is 0.262 e. The Morgan fingerprint density at radius 2 is 1.85 bits per heavy atom. The third kappa shape index (κ3) is 3.75. The Bertz CT molecular complexity index is 1010. The van der Waals surface area contributed by atoms with Crippen LogP contribution in [-0.2, 0) is 22.4 Å². The van der Waals surface area contributed by atoms with Crippen LogP contribution < -0.4 is 15.4 Å². The van der Waals surface area contributed by atoms with Crippen LogP contribution in [0.3, 0.4) is 0 Å². The van der Waals surface area contributed by atoms with Crippen molar-refractivity contribution in [1.82, 2.24) is 9.97 Å². The fourth-order valence-corrected chi connectivity index (χ4v) is 4.40. The number of anilines is 2. The van der Waals surface area contributed by atoms with Crippen molar-refractivity contribution < 1.29 is 14.3 Å². The lowest BCUT2D eigenvalue weighted by Crippen LogP contribution is -2.20. The molecule has 2 amide bonds. The molecule has 1 aliphatic rings. The number of ether oxygens (including phenoxy) is 1. The van der Waals surface area contributed by atoms with E-state index in [1.54, 1.807) is 35.6 Å². The molecule has 7 nitrogen and oxygen atoms in total. The van der Waals surface area contributed by atoms with Gasteiger partial charge in [-0.2, -0.15) is 0 Å². The monoisotopic (exact) mass is 382 g/mol. The van der Waals surface area contributed by atoms with Gasteiger partial charge in [-0.3, -0.25) is 9.59 Å². The third-order valence-electron chi connectivity index (χ3n) is 4.30. The molecule has 2 N–H and O–H groups in total. The van der Waals surface area contributed by atoms with Gasteiger partial charge in [0.1, 0.15) is 11.2 Å². The highest BCUT2D eigenvalue weighted by atomic mass is 32.1. The average Bonchev–Trinajstić information content (AvgIpc) is 3.22. The first kappa shape index (κ1) is 17.4. The van der Waals surface area contributed by atoms with Crippen molar-refractivity contribution in [3.63, 3.8) is 0 Å². The number of hydrogen-bond acceptors (Lipinski definition) is 6. The van der Waals surface area contributed by atoms with Gasteiger partial charge in [0.05, 0.1) is 5.39 Å². The van der Waals surface area contributed by atoms with Crippen molar-refractivity contribution in [3.05, 3.63) is 41.0 Å². The molecule has 2 aromatic heterocycles. The van der Waals surface area contributed by atoms with Crippen molar-refractivity contribution in [2.45, 2.75) is 26.2 Å². The van der Waals surface area contributed by atoms with Gasteiger partial charge in [0.25, 0.3) is 5.91 Å². The molecule has 0 saturated carbocycles. The van der Waals surface area contributed by atoms with E-state index in [0.29, 0.717) is 17.3 Å². The van der Waals surface area contributed by atoms with Crippen LogP contribution in [0.4, 0.5) is 11.4 Å². The van der Waals surface area contributed by atoms with Crippen LogP contribution in [0.2, 0.25) is 0 Å². The molecular formula is C19H18N4O3S. The molecule has 0 fully saturated rings. The van der Waals surface area contributed by atoms with Crippen LogP contribution in [0.15, 0.2) is 30.6 Å². The lowest BCUT2D eigenvalue weighted by Gasteiger charge is -2.09. The Morgan fingerprint density at radius 3 is 2.59 bits per heavy atom. The number of aromatic nitrogens is 2. The van der Waals surface area contributed by atoms with Crippen LogP contribution >= 0.6 is 11.3 Å². The van der Waals surface area contributed by atoms with Crippen molar-refractivity contribution >= 4 is 44.7 Å². The fraction of sp³-hybridized carbons (Fsp3) is 0.263. The number of carbonyl (C=O) groups excluding carboxylic acids is 2. The van der Waals surface area contributed by atoms with Crippen LogP contribution in [0, 0.1) is 0 Å². The van der Waals surface area contributed by atoms with Gasteiger partial charge in [-0.15, -0.1) is 11.3 Å². The summed E-state index contributed by atoms with van der Waals surface area (Å²) in [4.78, 5) is 34.1. The third-order valence-corrected chi connectivity index (χ3v) is 5.50.